The highest BCUT2D eigenvalue weighted by Gasteiger charge is 2.13. The van der Waals surface area contributed by atoms with E-state index in [1.165, 1.54) is 11.1 Å². The second-order valence-corrected chi connectivity index (χ2v) is 7.53. The Bertz CT molecular complexity index is 489. The van der Waals surface area contributed by atoms with Crippen LogP contribution in [0.3, 0.4) is 0 Å². The number of Topliss-reactive ketones (excluding diaryl/α,β-unsaturated/α-hetero) is 1. The summed E-state index contributed by atoms with van der Waals surface area (Å²) in [6.07, 6.45) is 3.31. The Labute approximate surface area is 142 Å². The van der Waals surface area contributed by atoms with Gasteiger partial charge in [0.2, 0.25) is 0 Å². The summed E-state index contributed by atoms with van der Waals surface area (Å²) in [4.78, 5) is 11.8. The summed E-state index contributed by atoms with van der Waals surface area (Å²) in [5.41, 5.74) is 2.58. The van der Waals surface area contributed by atoms with E-state index in [0.29, 0.717) is 36.4 Å². The molecule has 0 aliphatic rings. The molecule has 0 spiro atoms. The lowest BCUT2D eigenvalue weighted by Crippen LogP contribution is -2.09. The van der Waals surface area contributed by atoms with Crippen molar-refractivity contribution in [2.45, 2.75) is 73.1 Å². The van der Waals surface area contributed by atoms with Crippen molar-refractivity contribution in [1.82, 2.24) is 0 Å². The Morgan fingerprint density at radius 2 is 1.83 bits per heavy atom. The molecule has 130 valence electrons. The fourth-order valence-electron chi connectivity index (χ4n) is 2.81. The van der Waals surface area contributed by atoms with E-state index in [2.05, 4.69) is 59.7 Å². The number of ketones is 1. The highest BCUT2D eigenvalue weighted by molar-refractivity contribution is 5.78. The molecule has 0 aliphatic carbocycles. The minimum Gasteiger partial charge on any atom is -0.493 e. The molecule has 1 atom stereocenters. The first-order valence-corrected chi connectivity index (χ1v) is 9.10. The maximum absolute atomic E-state index is 11.8. The maximum Gasteiger partial charge on any atom is 0.133 e. The van der Waals surface area contributed by atoms with Crippen molar-refractivity contribution >= 4 is 5.78 Å². The number of ether oxygens (including phenoxy) is 1. The average Bonchev–Trinajstić information content (AvgIpc) is 2.45. The fourth-order valence-corrected chi connectivity index (χ4v) is 2.81. The summed E-state index contributed by atoms with van der Waals surface area (Å²) in [7, 11) is 0. The van der Waals surface area contributed by atoms with Crippen LogP contribution < -0.4 is 4.74 Å². The minimum absolute atomic E-state index is 0.390. The lowest BCUT2D eigenvalue weighted by atomic mass is 9.92. The number of benzene rings is 1. The summed E-state index contributed by atoms with van der Waals surface area (Å²) in [5.74, 6) is 2.76. The van der Waals surface area contributed by atoms with Crippen LogP contribution in [0.1, 0.15) is 77.8 Å². The van der Waals surface area contributed by atoms with Gasteiger partial charge in [0.15, 0.2) is 0 Å². The van der Waals surface area contributed by atoms with Gasteiger partial charge in [-0.15, -0.1) is 0 Å². The van der Waals surface area contributed by atoms with Crippen molar-refractivity contribution in [2.24, 2.45) is 11.8 Å². The topological polar surface area (TPSA) is 26.3 Å². The van der Waals surface area contributed by atoms with Crippen molar-refractivity contribution in [3.8, 4) is 5.75 Å². The van der Waals surface area contributed by atoms with E-state index in [4.69, 9.17) is 4.74 Å². The molecule has 0 aliphatic heterocycles. The van der Waals surface area contributed by atoms with Gasteiger partial charge in [0, 0.05) is 12.8 Å². The molecule has 2 nitrogen and oxygen atoms in total. The Morgan fingerprint density at radius 1 is 1.13 bits per heavy atom. The SMILES string of the molecule is CCCC(=O)CC(C)Cc1ccc(OCC(C)C)c(C(C)C)c1. The first-order chi connectivity index (χ1) is 10.8. The number of hydrogen-bond acceptors (Lipinski definition) is 2. The van der Waals surface area contributed by atoms with Crippen LogP contribution in [0.15, 0.2) is 18.2 Å². The zero-order chi connectivity index (χ0) is 17.4. The molecule has 1 aromatic rings. The van der Waals surface area contributed by atoms with E-state index in [1.807, 2.05) is 0 Å². The van der Waals surface area contributed by atoms with Crippen molar-refractivity contribution in [1.29, 1.82) is 0 Å². The summed E-state index contributed by atoms with van der Waals surface area (Å²) in [5, 5.41) is 0. The number of rotatable bonds is 10. The van der Waals surface area contributed by atoms with Gasteiger partial charge in [-0.3, -0.25) is 4.79 Å². The highest BCUT2D eigenvalue weighted by atomic mass is 16.5. The second-order valence-electron chi connectivity index (χ2n) is 7.53. The smallest absolute Gasteiger partial charge is 0.133 e. The Kier molecular flexibility index (Phi) is 8.36. The molecule has 0 aromatic heterocycles. The monoisotopic (exact) mass is 318 g/mol. The standard InChI is InChI=1S/C21H34O2/c1-7-8-19(22)12-17(6)11-18-9-10-21(23-14-15(2)3)20(13-18)16(4)5/h9-10,13,15-17H,7-8,11-12,14H2,1-6H3. The van der Waals surface area contributed by atoms with E-state index < -0.39 is 0 Å². The second kappa shape index (κ2) is 9.75. The summed E-state index contributed by atoms with van der Waals surface area (Å²) in [6, 6.07) is 6.52. The zero-order valence-corrected chi connectivity index (χ0v) is 15.8. The van der Waals surface area contributed by atoms with Gasteiger partial charge in [0.05, 0.1) is 6.61 Å². The Balaban J connectivity index is 2.76. The predicted molar refractivity (Wildman–Crippen MR) is 98.3 cm³/mol. The van der Waals surface area contributed by atoms with Crippen LogP contribution in [0.25, 0.3) is 0 Å². The van der Waals surface area contributed by atoms with E-state index in [1.54, 1.807) is 0 Å². The zero-order valence-electron chi connectivity index (χ0n) is 15.8. The summed E-state index contributed by atoms with van der Waals surface area (Å²) < 4.78 is 5.96. The molecule has 23 heavy (non-hydrogen) atoms. The van der Waals surface area contributed by atoms with Crippen LogP contribution in [0, 0.1) is 11.8 Å². The first kappa shape index (κ1) is 19.7. The van der Waals surface area contributed by atoms with Crippen LogP contribution in [-0.4, -0.2) is 12.4 Å². The van der Waals surface area contributed by atoms with E-state index >= 15 is 0 Å². The lowest BCUT2D eigenvalue weighted by molar-refractivity contribution is -0.119. The van der Waals surface area contributed by atoms with Gasteiger partial charge < -0.3 is 4.74 Å². The Morgan fingerprint density at radius 3 is 2.39 bits per heavy atom. The molecule has 0 heterocycles. The number of hydrogen-bond donors (Lipinski definition) is 0. The molecule has 0 saturated carbocycles. The van der Waals surface area contributed by atoms with E-state index in [9.17, 15) is 4.79 Å². The number of carbonyl (C=O) groups is 1. The van der Waals surface area contributed by atoms with Gasteiger partial charge >= 0.3 is 0 Å². The molecule has 0 amide bonds. The van der Waals surface area contributed by atoms with Crippen molar-refractivity contribution in [3.05, 3.63) is 29.3 Å². The van der Waals surface area contributed by atoms with E-state index in [-0.39, 0.29) is 0 Å². The molecular weight excluding hydrogens is 284 g/mol. The summed E-state index contributed by atoms with van der Waals surface area (Å²) >= 11 is 0. The molecule has 0 N–H and O–H groups in total. The van der Waals surface area contributed by atoms with Gasteiger partial charge in [-0.05, 0) is 47.8 Å². The molecule has 2 heteroatoms. The van der Waals surface area contributed by atoms with Gasteiger partial charge in [-0.25, -0.2) is 0 Å². The van der Waals surface area contributed by atoms with Crippen molar-refractivity contribution in [2.75, 3.05) is 6.61 Å². The van der Waals surface area contributed by atoms with Crippen molar-refractivity contribution in [3.63, 3.8) is 0 Å². The van der Waals surface area contributed by atoms with Crippen LogP contribution >= 0.6 is 0 Å². The molecule has 0 radical (unpaired) electrons. The maximum atomic E-state index is 11.8. The fraction of sp³-hybridized carbons (Fsp3) is 0.667. The van der Waals surface area contributed by atoms with Crippen molar-refractivity contribution < 1.29 is 9.53 Å². The molecule has 0 fully saturated rings. The van der Waals surface area contributed by atoms with Crippen LogP contribution in [0.5, 0.6) is 5.75 Å². The molecule has 1 unspecified atom stereocenters. The average molecular weight is 319 g/mol. The largest absolute Gasteiger partial charge is 0.493 e. The van der Waals surface area contributed by atoms with Gasteiger partial charge in [0.1, 0.15) is 11.5 Å². The minimum atomic E-state index is 0.390. The van der Waals surface area contributed by atoms with Crippen LogP contribution in [-0.2, 0) is 11.2 Å². The lowest BCUT2D eigenvalue weighted by Gasteiger charge is -2.18. The third-order valence-corrected chi connectivity index (χ3v) is 3.96. The van der Waals surface area contributed by atoms with Crippen LogP contribution in [0.4, 0.5) is 0 Å². The molecular formula is C21H34O2. The molecule has 1 aromatic carbocycles. The third kappa shape index (κ3) is 7.20. The highest BCUT2D eigenvalue weighted by Crippen LogP contribution is 2.29. The normalized spacial score (nSPS) is 12.7. The first-order valence-electron chi connectivity index (χ1n) is 9.10. The molecule has 1 rings (SSSR count). The third-order valence-electron chi connectivity index (χ3n) is 3.96. The Hall–Kier alpha value is -1.31. The molecule has 0 bridgehead atoms. The molecule has 0 saturated heterocycles. The van der Waals surface area contributed by atoms with Gasteiger partial charge in [-0.1, -0.05) is 53.7 Å². The summed E-state index contributed by atoms with van der Waals surface area (Å²) in [6.45, 7) is 13.7. The quantitative estimate of drug-likeness (QED) is 0.546. The number of carbonyl (C=O) groups excluding carboxylic acids is 1. The van der Waals surface area contributed by atoms with E-state index in [0.717, 1.165) is 25.2 Å². The van der Waals surface area contributed by atoms with Gasteiger partial charge in [0.25, 0.3) is 0 Å². The predicted octanol–water partition coefficient (Wildman–Crippen LogP) is 5.78. The van der Waals surface area contributed by atoms with Gasteiger partial charge in [-0.2, -0.15) is 0 Å². The van der Waals surface area contributed by atoms with Crippen LogP contribution in [0.2, 0.25) is 0 Å².